The minimum atomic E-state index is -4.37. The third-order valence-corrected chi connectivity index (χ3v) is 4.19. The molecule has 146 valence electrons. The van der Waals surface area contributed by atoms with Crippen LogP contribution in [0.25, 0.3) is 0 Å². The van der Waals surface area contributed by atoms with Gasteiger partial charge in [0.1, 0.15) is 11.5 Å². The van der Waals surface area contributed by atoms with Crippen LogP contribution in [0.5, 0.6) is 23.5 Å². The fraction of sp³-hybridized carbons (Fsp3) is 0.167. The van der Waals surface area contributed by atoms with Crippen molar-refractivity contribution in [3.8, 4) is 23.5 Å². The first kappa shape index (κ1) is 23.0. The Labute approximate surface area is 190 Å². The van der Waals surface area contributed by atoms with Crippen molar-refractivity contribution in [2.45, 2.75) is 0 Å². The molecule has 0 saturated heterocycles. The van der Waals surface area contributed by atoms with E-state index in [1.165, 1.54) is 4.90 Å². The number of ether oxygens (including phenoxy) is 2. The van der Waals surface area contributed by atoms with E-state index in [9.17, 15) is 13.0 Å². The van der Waals surface area contributed by atoms with Gasteiger partial charge in [-0.05, 0) is 24.3 Å². The summed E-state index contributed by atoms with van der Waals surface area (Å²) in [5.74, 6) is 0.541. The van der Waals surface area contributed by atoms with Crippen molar-refractivity contribution in [1.29, 1.82) is 0 Å². The number of aromatic nitrogens is 3. The van der Waals surface area contributed by atoms with E-state index >= 15 is 0 Å². The van der Waals surface area contributed by atoms with Crippen LogP contribution in [0.15, 0.2) is 60.7 Å². The molecule has 0 N–H and O–H groups in total. The largest absolute Gasteiger partial charge is 1.00 e. The molecule has 0 saturated carbocycles. The topological polar surface area (TPSA) is 118 Å². The SMILES string of the molecule is CN(CCS(=O)(=O)[O-])c1nc(Oc2ccccc2)nc(Oc2ccccc2)n1.[Na+]. The summed E-state index contributed by atoms with van der Waals surface area (Å²) in [4.78, 5) is 13.9. The van der Waals surface area contributed by atoms with Crippen LogP contribution >= 0.6 is 0 Å². The minimum absolute atomic E-state index is 0. The van der Waals surface area contributed by atoms with Gasteiger partial charge in [0.15, 0.2) is 0 Å². The Hall–Kier alpha value is -2.24. The van der Waals surface area contributed by atoms with Crippen LogP contribution in [0.3, 0.4) is 0 Å². The summed E-state index contributed by atoms with van der Waals surface area (Å²) in [6, 6.07) is 17.7. The third kappa shape index (κ3) is 7.59. The number of benzene rings is 2. The van der Waals surface area contributed by atoms with Crippen molar-refractivity contribution in [2.24, 2.45) is 0 Å². The molecule has 0 spiro atoms. The van der Waals surface area contributed by atoms with Crippen LogP contribution < -0.4 is 43.9 Å². The monoisotopic (exact) mass is 424 g/mol. The maximum Gasteiger partial charge on any atom is 1.00 e. The summed E-state index contributed by atoms with van der Waals surface area (Å²) in [5.41, 5.74) is 0. The molecule has 0 aliphatic carbocycles. The average molecular weight is 424 g/mol. The van der Waals surface area contributed by atoms with Crippen molar-refractivity contribution in [3.63, 3.8) is 0 Å². The summed E-state index contributed by atoms with van der Waals surface area (Å²) in [5, 5.41) is 0. The molecular formula is C18H17N4NaO5S. The van der Waals surface area contributed by atoms with Crippen LogP contribution in [0.2, 0.25) is 0 Å². The second-order valence-corrected chi connectivity index (χ2v) is 7.24. The van der Waals surface area contributed by atoms with Crippen LogP contribution in [-0.2, 0) is 10.1 Å². The molecule has 3 rings (SSSR count). The molecule has 0 atom stereocenters. The van der Waals surface area contributed by atoms with E-state index < -0.39 is 15.9 Å². The standard InChI is InChI=1S/C18H18N4O5S.Na/c1-22(12-13-28(23,24)25)16-19-17(26-14-8-4-2-5-9-14)21-18(20-16)27-15-10-6-3-7-11-15;/h2-11H,12-13H2,1H3,(H,23,24,25);/q;+1/p-1. The molecule has 0 unspecified atom stereocenters. The molecule has 0 amide bonds. The first-order chi connectivity index (χ1) is 13.4. The fourth-order valence-electron chi connectivity index (χ4n) is 2.13. The molecule has 1 aromatic heterocycles. The van der Waals surface area contributed by atoms with Crippen LogP contribution in [0.1, 0.15) is 0 Å². The van der Waals surface area contributed by atoms with Gasteiger partial charge in [-0.3, -0.25) is 0 Å². The molecule has 1 heterocycles. The Bertz CT molecular complexity index is 963. The van der Waals surface area contributed by atoms with Gasteiger partial charge in [-0.1, -0.05) is 36.4 Å². The molecule has 0 radical (unpaired) electrons. The summed E-state index contributed by atoms with van der Waals surface area (Å²) in [6.07, 6.45) is 0. The van der Waals surface area contributed by atoms with Gasteiger partial charge in [-0.25, -0.2) is 8.42 Å². The molecule has 9 nitrogen and oxygen atoms in total. The number of hydrogen-bond donors (Lipinski definition) is 0. The van der Waals surface area contributed by atoms with E-state index in [0.29, 0.717) is 11.5 Å². The zero-order valence-corrected chi connectivity index (χ0v) is 18.7. The van der Waals surface area contributed by atoms with E-state index in [2.05, 4.69) is 15.0 Å². The van der Waals surface area contributed by atoms with Gasteiger partial charge in [0.2, 0.25) is 5.95 Å². The molecule has 0 aliphatic heterocycles. The van der Waals surface area contributed by atoms with Gasteiger partial charge in [0.25, 0.3) is 0 Å². The molecule has 0 aliphatic rings. The number of anilines is 1. The molecule has 0 bridgehead atoms. The smallest absolute Gasteiger partial charge is 0.748 e. The molecular weight excluding hydrogens is 407 g/mol. The van der Waals surface area contributed by atoms with Crippen molar-refractivity contribution < 1.29 is 52.0 Å². The van der Waals surface area contributed by atoms with Crippen LogP contribution in [-0.4, -0.2) is 47.3 Å². The van der Waals surface area contributed by atoms with Gasteiger partial charge >= 0.3 is 41.6 Å². The third-order valence-electron chi connectivity index (χ3n) is 3.51. The predicted octanol–water partition coefficient (Wildman–Crippen LogP) is -0.558. The zero-order chi connectivity index (χ0) is 20.0. The summed E-state index contributed by atoms with van der Waals surface area (Å²) >= 11 is 0. The van der Waals surface area contributed by atoms with E-state index in [-0.39, 0.29) is 54.1 Å². The van der Waals surface area contributed by atoms with Crippen LogP contribution in [0, 0.1) is 0 Å². The van der Waals surface area contributed by atoms with Crippen molar-refractivity contribution in [3.05, 3.63) is 60.7 Å². The predicted molar refractivity (Wildman–Crippen MR) is 101 cm³/mol. The first-order valence-corrected chi connectivity index (χ1v) is 9.83. The molecule has 3 aromatic rings. The van der Waals surface area contributed by atoms with Gasteiger partial charge in [-0.15, -0.1) is 4.98 Å². The van der Waals surface area contributed by atoms with Crippen molar-refractivity contribution in [1.82, 2.24) is 15.0 Å². The van der Waals surface area contributed by atoms with E-state index in [0.717, 1.165) is 0 Å². The number of hydrogen-bond acceptors (Lipinski definition) is 9. The fourth-order valence-corrected chi connectivity index (χ4v) is 2.62. The second-order valence-electron chi connectivity index (χ2n) is 5.71. The maximum absolute atomic E-state index is 10.9. The van der Waals surface area contributed by atoms with Gasteiger partial charge in [0.05, 0.1) is 15.9 Å². The molecule has 0 fully saturated rings. The Morgan fingerprint density at radius 2 is 1.31 bits per heavy atom. The number of nitrogens with zero attached hydrogens (tertiary/aromatic N) is 4. The summed E-state index contributed by atoms with van der Waals surface area (Å²) < 4.78 is 44.0. The maximum atomic E-state index is 10.9. The first-order valence-electron chi connectivity index (χ1n) is 8.26. The van der Waals surface area contributed by atoms with Gasteiger partial charge < -0.3 is 18.9 Å². The Morgan fingerprint density at radius 1 is 0.862 bits per heavy atom. The average Bonchev–Trinajstić information content (AvgIpc) is 2.67. The van der Waals surface area contributed by atoms with E-state index in [4.69, 9.17) is 9.47 Å². The van der Waals surface area contributed by atoms with Crippen molar-refractivity contribution >= 4 is 16.1 Å². The Balaban J connectivity index is 0.00000300. The summed E-state index contributed by atoms with van der Waals surface area (Å²) in [6.45, 7) is -0.0919. The quantitative estimate of drug-likeness (QED) is 0.346. The molecule has 11 heteroatoms. The Morgan fingerprint density at radius 3 is 1.72 bits per heavy atom. The molecule has 2 aromatic carbocycles. The summed E-state index contributed by atoms with van der Waals surface area (Å²) in [7, 11) is -2.82. The Kier molecular flexibility index (Phi) is 8.35. The second kappa shape index (κ2) is 10.5. The number of rotatable bonds is 8. The van der Waals surface area contributed by atoms with Crippen molar-refractivity contribution in [2.75, 3.05) is 24.2 Å². The zero-order valence-electron chi connectivity index (χ0n) is 15.9. The normalized spacial score (nSPS) is 10.7. The van der Waals surface area contributed by atoms with Gasteiger partial charge in [-0.2, -0.15) is 9.97 Å². The van der Waals surface area contributed by atoms with E-state index in [1.54, 1.807) is 55.6 Å². The molecule has 29 heavy (non-hydrogen) atoms. The number of para-hydroxylation sites is 2. The van der Waals surface area contributed by atoms with E-state index in [1.807, 2.05) is 12.1 Å². The van der Waals surface area contributed by atoms with Crippen LogP contribution in [0.4, 0.5) is 5.95 Å². The minimum Gasteiger partial charge on any atom is -0.748 e. The van der Waals surface area contributed by atoms with Gasteiger partial charge in [0, 0.05) is 13.6 Å².